The maximum absolute atomic E-state index is 12.4. The molecule has 3 rings (SSSR count). The van der Waals surface area contributed by atoms with E-state index in [1.165, 1.54) is 10.7 Å². The summed E-state index contributed by atoms with van der Waals surface area (Å²) in [7, 11) is 1.65. The van der Waals surface area contributed by atoms with Gasteiger partial charge in [-0.05, 0) is 37.3 Å². The molecule has 0 saturated carbocycles. The van der Waals surface area contributed by atoms with Gasteiger partial charge in [0.15, 0.2) is 0 Å². The molecular formula is C18H22N4O3. The molecule has 0 aliphatic carbocycles. The summed E-state index contributed by atoms with van der Waals surface area (Å²) in [6.07, 6.45) is 0. The van der Waals surface area contributed by atoms with Gasteiger partial charge in [0.05, 0.1) is 12.8 Å². The van der Waals surface area contributed by atoms with Gasteiger partial charge in [0.25, 0.3) is 5.56 Å². The first-order valence-corrected chi connectivity index (χ1v) is 8.28. The molecule has 1 saturated heterocycles. The number of rotatable bonds is 4. The third-order valence-corrected chi connectivity index (χ3v) is 4.35. The minimum atomic E-state index is -0.254. The fourth-order valence-electron chi connectivity index (χ4n) is 2.90. The Bertz CT molecular complexity index is 793. The molecule has 0 spiro atoms. The molecule has 25 heavy (non-hydrogen) atoms. The third kappa shape index (κ3) is 3.99. The summed E-state index contributed by atoms with van der Waals surface area (Å²) in [4.78, 5) is 28.3. The Morgan fingerprint density at radius 2 is 1.76 bits per heavy atom. The number of methoxy groups -OCH3 is 1. The maximum Gasteiger partial charge on any atom is 0.267 e. The molecule has 1 aliphatic rings. The van der Waals surface area contributed by atoms with Crippen LogP contribution in [0.1, 0.15) is 5.69 Å². The molecule has 132 valence electrons. The van der Waals surface area contributed by atoms with Crippen LogP contribution in [0.25, 0.3) is 0 Å². The van der Waals surface area contributed by atoms with Crippen LogP contribution in [0.5, 0.6) is 5.75 Å². The molecule has 1 aliphatic heterocycles. The second kappa shape index (κ2) is 7.38. The van der Waals surface area contributed by atoms with Crippen molar-refractivity contribution in [2.45, 2.75) is 13.5 Å². The van der Waals surface area contributed by atoms with E-state index < -0.39 is 0 Å². The van der Waals surface area contributed by atoms with Crippen molar-refractivity contribution in [2.75, 3.05) is 38.2 Å². The number of benzene rings is 1. The normalized spacial score (nSPS) is 14.5. The molecule has 7 nitrogen and oxygen atoms in total. The van der Waals surface area contributed by atoms with Crippen LogP contribution in [0.3, 0.4) is 0 Å². The summed E-state index contributed by atoms with van der Waals surface area (Å²) >= 11 is 0. The fourth-order valence-corrected chi connectivity index (χ4v) is 2.90. The lowest BCUT2D eigenvalue weighted by Crippen LogP contribution is -2.50. The molecule has 2 heterocycles. The quantitative estimate of drug-likeness (QED) is 0.826. The maximum atomic E-state index is 12.4. The predicted molar refractivity (Wildman–Crippen MR) is 95.0 cm³/mol. The molecule has 0 unspecified atom stereocenters. The first kappa shape index (κ1) is 17.0. The Balaban J connectivity index is 1.58. The lowest BCUT2D eigenvalue weighted by atomic mass is 10.2. The number of amides is 1. The summed E-state index contributed by atoms with van der Waals surface area (Å²) in [5.41, 5.74) is 1.58. The van der Waals surface area contributed by atoms with E-state index in [0.717, 1.165) is 30.2 Å². The highest BCUT2D eigenvalue weighted by atomic mass is 16.5. The zero-order valence-electron chi connectivity index (χ0n) is 14.5. The number of anilines is 1. The van der Waals surface area contributed by atoms with Crippen molar-refractivity contribution in [1.29, 1.82) is 0 Å². The van der Waals surface area contributed by atoms with Crippen LogP contribution in [-0.2, 0) is 11.3 Å². The van der Waals surface area contributed by atoms with Crippen molar-refractivity contribution in [1.82, 2.24) is 14.7 Å². The van der Waals surface area contributed by atoms with Crippen molar-refractivity contribution in [3.63, 3.8) is 0 Å². The molecule has 2 aromatic rings. The van der Waals surface area contributed by atoms with Crippen LogP contribution in [0, 0.1) is 6.92 Å². The highest BCUT2D eigenvalue weighted by Gasteiger charge is 2.22. The molecular weight excluding hydrogens is 320 g/mol. The summed E-state index contributed by atoms with van der Waals surface area (Å²) in [6, 6.07) is 11.0. The topological polar surface area (TPSA) is 67.7 Å². The van der Waals surface area contributed by atoms with Gasteiger partial charge in [0.1, 0.15) is 12.3 Å². The van der Waals surface area contributed by atoms with Crippen LogP contribution in [0.2, 0.25) is 0 Å². The first-order valence-electron chi connectivity index (χ1n) is 8.28. The first-order chi connectivity index (χ1) is 12.1. The Labute approximate surface area is 146 Å². The Kier molecular flexibility index (Phi) is 5.02. The van der Waals surface area contributed by atoms with Crippen molar-refractivity contribution >= 4 is 11.6 Å². The molecule has 1 fully saturated rings. The molecule has 0 radical (unpaired) electrons. The second-order valence-electron chi connectivity index (χ2n) is 6.04. The molecule has 7 heteroatoms. The monoisotopic (exact) mass is 342 g/mol. The molecule has 0 bridgehead atoms. The Morgan fingerprint density at radius 3 is 2.40 bits per heavy atom. The SMILES string of the molecule is COc1ccc(N2CCN(C(=O)Cn3nc(C)ccc3=O)CC2)cc1. The molecule has 1 aromatic carbocycles. The van der Waals surface area contributed by atoms with Gasteiger partial charge in [-0.3, -0.25) is 9.59 Å². The second-order valence-corrected chi connectivity index (χ2v) is 6.04. The number of carbonyl (C=O) groups excluding carboxylic acids is 1. The summed E-state index contributed by atoms with van der Waals surface area (Å²) < 4.78 is 6.40. The van der Waals surface area contributed by atoms with E-state index in [4.69, 9.17) is 4.74 Å². The summed E-state index contributed by atoms with van der Waals surface area (Å²) in [5, 5.41) is 4.12. The number of aromatic nitrogens is 2. The van der Waals surface area contributed by atoms with Gasteiger partial charge >= 0.3 is 0 Å². The van der Waals surface area contributed by atoms with Gasteiger partial charge in [-0.25, -0.2) is 4.68 Å². The zero-order valence-corrected chi connectivity index (χ0v) is 14.5. The molecule has 0 atom stereocenters. The number of carbonyl (C=O) groups is 1. The molecule has 0 N–H and O–H groups in total. The van der Waals surface area contributed by atoms with Gasteiger partial charge in [-0.15, -0.1) is 0 Å². The van der Waals surface area contributed by atoms with Gasteiger partial charge in [0, 0.05) is 37.9 Å². The largest absolute Gasteiger partial charge is 0.497 e. The van der Waals surface area contributed by atoms with E-state index in [0.29, 0.717) is 13.1 Å². The highest BCUT2D eigenvalue weighted by Crippen LogP contribution is 2.20. The lowest BCUT2D eigenvalue weighted by molar-refractivity contribution is -0.132. The molecule has 1 amide bonds. The Hall–Kier alpha value is -2.83. The van der Waals surface area contributed by atoms with Crippen LogP contribution in [0.4, 0.5) is 5.69 Å². The van der Waals surface area contributed by atoms with E-state index >= 15 is 0 Å². The number of nitrogens with zero attached hydrogens (tertiary/aromatic N) is 4. The fraction of sp³-hybridized carbons (Fsp3) is 0.389. The van der Waals surface area contributed by atoms with Crippen LogP contribution < -0.4 is 15.2 Å². The minimum absolute atomic E-state index is 0.0109. The summed E-state index contributed by atoms with van der Waals surface area (Å²) in [6.45, 7) is 4.57. The van der Waals surface area contributed by atoms with E-state index in [9.17, 15) is 9.59 Å². The molecule has 1 aromatic heterocycles. The standard InChI is InChI=1S/C18H22N4O3/c1-14-3-8-17(23)22(19-14)13-18(24)21-11-9-20(10-12-21)15-4-6-16(25-2)7-5-15/h3-8H,9-13H2,1-2H3. The zero-order chi connectivity index (χ0) is 17.8. The highest BCUT2D eigenvalue weighted by molar-refractivity contribution is 5.76. The summed E-state index contributed by atoms with van der Waals surface area (Å²) in [5.74, 6) is 0.753. The van der Waals surface area contributed by atoms with Crippen molar-refractivity contribution in [3.05, 3.63) is 52.4 Å². The number of piperazine rings is 1. The smallest absolute Gasteiger partial charge is 0.267 e. The predicted octanol–water partition coefficient (Wildman–Crippen LogP) is 0.909. The van der Waals surface area contributed by atoms with Gasteiger partial charge in [-0.2, -0.15) is 5.10 Å². The van der Waals surface area contributed by atoms with Crippen LogP contribution in [0.15, 0.2) is 41.2 Å². The Morgan fingerprint density at radius 1 is 1.08 bits per heavy atom. The van der Waals surface area contributed by atoms with E-state index in [-0.39, 0.29) is 18.0 Å². The number of aryl methyl sites for hydroxylation is 1. The van der Waals surface area contributed by atoms with Crippen LogP contribution >= 0.6 is 0 Å². The van der Waals surface area contributed by atoms with Gasteiger partial charge in [-0.1, -0.05) is 0 Å². The third-order valence-electron chi connectivity index (χ3n) is 4.35. The number of hydrogen-bond donors (Lipinski definition) is 0. The average Bonchev–Trinajstić information content (AvgIpc) is 2.65. The minimum Gasteiger partial charge on any atom is -0.497 e. The van der Waals surface area contributed by atoms with Crippen molar-refractivity contribution < 1.29 is 9.53 Å². The van der Waals surface area contributed by atoms with Crippen LogP contribution in [-0.4, -0.2) is 53.9 Å². The lowest BCUT2D eigenvalue weighted by Gasteiger charge is -2.36. The van der Waals surface area contributed by atoms with Gasteiger partial charge in [0.2, 0.25) is 5.91 Å². The van der Waals surface area contributed by atoms with Crippen molar-refractivity contribution in [3.8, 4) is 5.75 Å². The van der Waals surface area contributed by atoms with Gasteiger partial charge < -0.3 is 14.5 Å². The van der Waals surface area contributed by atoms with E-state index in [2.05, 4.69) is 10.00 Å². The van der Waals surface area contributed by atoms with Crippen molar-refractivity contribution in [2.24, 2.45) is 0 Å². The van der Waals surface area contributed by atoms with E-state index in [1.54, 1.807) is 25.0 Å². The average molecular weight is 342 g/mol. The number of hydrogen-bond acceptors (Lipinski definition) is 5. The van der Waals surface area contributed by atoms with E-state index in [1.807, 2.05) is 24.3 Å². The number of ether oxygens (including phenoxy) is 1.